The molecular formula is C13H24O3. The number of unbranched alkanes of at least 4 members (excludes halogenated alkanes) is 2. The summed E-state index contributed by atoms with van der Waals surface area (Å²) in [6, 6.07) is 0. The van der Waals surface area contributed by atoms with Crippen LogP contribution in [0, 0.1) is 5.92 Å². The van der Waals surface area contributed by atoms with Gasteiger partial charge in [0.05, 0.1) is 7.11 Å². The summed E-state index contributed by atoms with van der Waals surface area (Å²) < 4.78 is 10.7. The second kappa shape index (κ2) is 4.74. The van der Waals surface area contributed by atoms with Crippen molar-refractivity contribution in [2.45, 2.75) is 64.6 Å². The van der Waals surface area contributed by atoms with E-state index in [4.69, 9.17) is 9.47 Å². The van der Waals surface area contributed by atoms with Gasteiger partial charge in [0.15, 0.2) is 5.60 Å². The summed E-state index contributed by atoms with van der Waals surface area (Å²) >= 11 is 0. The first-order chi connectivity index (χ1) is 7.44. The maximum Gasteiger partial charge on any atom is 0.341 e. The average Bonchev–Trinajstić information content (AvgIpc) is 2.86. The highest BCUT2D eigenvalue weighted by molar-refractivity contribution is 5.85. The number of methoxy groups -OCH3 is 1. The Morgan fingerprint density at radius 3 is 2.44 bits per heavy atom. The molecule has 0 aromatic rings. The first kappa shape index (κ1) is 13.5. The van der Waals surface area contributed by atoms with Crippen molar-refractivity contribution in [2.24, 2.45) is 5.92 Å². The van der Waals surface area contributed by atoms with Gasteiger partial charge in [0.25, 0.3) is 0 Å². The van der Waals surface area contributed by atoms with Gasteiger partial charge in [0, 0.05) is 0 Å². The molecule has 1 fully saturated rings. The molecule has 0 radical (unpaired) electrons. The van der Waals surface area contributed by atoms with Crippen molar-refractivity contribution in [3.8, 4) is 0 Å². The highest BCUT2D eigenvalue weighted by Crippen LogP contribution is 2.56. The topological polar surface area (TPSA) is 38.8 Å². The number of esters is 1. The van der Waals surface area contributed by atoms with Crippen molar-refractivity contribution in [1.29, 1.82) is 0 Å². The van der Waals surface area contributed by atoms with Crippen molar-refractivity contribution in [3.63, 3.8) is 0 Å². The van der Waals surface area contributed by atoms with Crippen molar-refractivity contribution >= 4 is 5.97 Å². The predicted octanol–water partition coefficient (Wildman–Crippen LogP) is 2.92. The van der Waals surface area contributed by atoms with Crippen LogP contribution in [0.3, 0.4) is 0 Å². The minimum absolute atomic E-state index is 0.159. The SMILES string of the molecule is CCCCCC1(C)OC1(C(=O)OC)C(C)C. The molecule has 3 nitrogen and oxygen atoms in total. The largest absolute Gasteiger partial charge is 0.467 e. The predicted molar refractivity (Wildman–Crippen MR) is 63.2 cm³/mol. The lowest BCUT2D eigenvalue weighted by molar-refractivity contribution is -0.148. The zero-order valence-electron chi connectivity index (χ0n) is 11.1. The van der Waals surface area contributed by atoms with Crippen molar-refractivity contribution in [3.05, 3.63) is 0 Å². The van der Waals surface area contributed by atoms with Crippen LogP contribution in [0.1, 0.15) is 53.4 Å². The van der Waals surface area contributed by atoms with Crippen LogP contribution < -0.4 is 0 Å². The van der Waals surface area contributed by atoms with Crippen LogP contribution >= 0.6 is 0 Å². The van der Waals surface area contributed by atoms with Crippen molar-refractivity contribution in [1.82, 2.24) is 0 Å². The van der Waals surface area contributed by atoms with Crippen molar-refractivity contribution in [2.75, 3.05) is 7.11 Å². The fourth-order valence-corrected chi connectivity index (χ4v) is 2.65. The van der Waals surface area contributed by atoms with Crippen LogP contribution in [-0.2, 0) is 14.3 Å². The summed E-state index contributed by atoms with van der Waals surface area (Å²) in [6.07, 6.45) is 4.42. The van der Waals surface area contributed by atoms with E-state index in [0.717, 1.165) is 12.8 Å². The molecule has 2 unspecified atom stereocenters. The molecular weight excluding hydrogens is 204 g/mol. The Labute approximate surface area is 98.5 Å². The number of ether oxygens (including phenoxy) is 2. The third kappa shape index (κ3) is 1.97. The van der Waals surface area contributed by atoms with Gasteiger partial charge in [-0.15, -0.1) is 0 Å². The lowest BCUT2D eigenvalue weighted by atomic mass is 9.81. The fourth-order valence-electron chi connectivity index (χ4n) is 2.65. The summed E-state index contributed by atoms with van der Waals surface area (Å²) in [5.74, 6) is -0.0620. The minimum Gasteiger partial charge on any atom is -0.467 e. The fraction of sp³-hybridized carbons (Fsp3) is 0.923. The molecule has 1 aliphatic rings. The molecule has 16 heavy (non-hydrogen) atoms. The van der Waals surface area contributed by atoms with E-state index in [9.17, 15) is 4.79 Å². The molecule has 2 atom stereocenters. The first-order valence-corrected chi connectivity index (χ1v) is 6.23. The molecule has 0 N–H and O–H groups in total. The summed E-state index contributed by atoms with van der Waals surface area (Å²) in [5, 5.41) is 0. The molecule has 0 bridgehead atoms. The van der Waals surface area contributed by atoms with E-state index in [1.54, 1.807) is 0 Å². The minimum atomic E-state index is -0.699. The Kier molecular flexibility index (Phi) is 4.00. The van der Waals surface area contributed by atoms with Crippen LogP contribution in [0.5, 0.6) is 0 Å². The van der Waals surface area contributed by atoms with Gasteiger partial charge < -0.3 is 9.47 Å². The Balaban J connectivity index is 2.67. The lowest BCUT2D eigenvalue weighted by Gasteiger charge is -2.18. The second-order valence-electron chi connectivity index (χ2n) is 5.17. The summed E-state index contributed by atoms with van der Waals surface area (Å²) in [4.78, 5) is 11.8. The Morgan fingerprint density at radius 2 is 2.00 bits per heavy atom. The molecule has 0 aromatic carbocycles. The molecule has 94 valence electrons. The molecule has 3 heteroatoms. The molecule has 1 aliphatic heterocycles. The van der Waals surface area contributed by atoms with Crippen molar-refractivity contribution < 1.29 is 14.3 Å². The van der Waals surface area contributed by atoms with Gasteiger partial charge >= 0.3 is 5.97 Å². The van der Waals surface area contributed by atoms with E-state index < -0.39 is 5.60 Å². The van der Waals surface area contributed by atoms with Crippen LogP contribution in [0.2, 0.25) is 0 Å². The quantitative estimate of drug-likeness (QED) is 0.398. The Bertz CT molecular complexity index is 262. The van der Waals surface area contributed by atoms with Gasteiger partial charge in [-0.25, -0.2) is 4.79 Å². The third-order valence-corrected chi connectivity index (χ3v) is 3.69. The number of carbonyl (C=O) groups excluding carboxylic acids is 1. The average molecular weight is 228 g/mol. The zero-order valence-corrected chi connectivity index (χ0v) is 11.1. The van der Waals surface area contributed by atoms with E-state index in [0.29, 0.717) is 0 Å². The number of hydrogen-bond acceptors (Lipinski definition) is 3. The normalized spacial score (nSPS) is 32.9. The van der Waals surface area contributed by atoms with Crippen LogP contribution in [0.4, 0.5) is 0 Å². The van der Waals surface area contributed by atoms with E-state index >= 15 is 0 Å². The van der Waals surface area contributed by atoms with Crippen LogP contribution in [-0.4, -0.2) is 24.3 Å². The van der Waals surface area contributed by atoms with Gasteiger partial charge in [-0.05, 0) is 19.3 Å². The van der Waals surface area contributed by atoms with Gasteiger partial charge in [-0.1, -0.05) is 40.0 Å². The second-order valence-corrected chi connectivity index (χ2v) is 5.17. The standard InChI is InChI=1S/C13H24O3/c1-6-7-8-9-12(4)13(16-12,10(2)3)11(14)15-5/h10H,6-9H2,1-5H3. The van der Waals surface area contributed by atoms with Gasteiger partial charge in [0.1, 0.15) is 5.60 Å². The van der Waals surface area contributed by atoms with E-state index in [-0.39, 0.29) is 17.5 Å². The zero-order chi connectivity index (χ0) is 12.4. The number of rotatable bonds is 6. The monoisotopic (exact) mass is 228 g/mol. The molecule has 0 aliphatic carbocycles. The van der Waals surface area contributed by atoms with Gasteiger partial charge in [0.2, 0.25) is 0 Å². The Hall–Kier alpha value is -0.570. The third-order valence-electron chi connectivity index (χ3n) is 3.69. The smallest absolute Gasteiger partial charge is 0.341 e. The van der Waals surface area contributed by atoms with E-state index in [1.807, 2.05) is 20.8 Å². The maximum atomic E-state index is 11.8. The number of epoxide rings is 1. The van der Waals surface area contributed by atoms with Gasteiger partial charge in [-0.2, -0.15) is 0 Å². The molecule has 0 amide bonds. The summed E-state index contributed by atoms with van der Waals surface area (Å²) in [6.45, 7) is 8.23. The molecule has 1 rings (SSSR count). The Morgan fingerprint density at radius 1 is 1.38 bits per heavy atom. The molecule has 1 saturated heterocycles. The summed E-state index contributed by atoms with van der Waals surface area (Å²) in [7, 11) is 1.43. The molecule has 0 spiro atoms. The van der Waals surface area contributed by atoms with E-state index in [2.05, 4.69) is 6.92 Å². The lowest BCUT2D eigenvalue weighted by Crippen LogP contribution is -2.38. The number of hydrogen-bond donors (Lipinski definition) is 0. The van der Waals surface area contributed by atoms with Gasteiger partial charge in [-0.3, -0.25) is 0 Å². The van der Waals surface area contributed by atoms with E-state index in [1.165, 1.54) is 20.0 Å². The maximum absolute atomic E-state index is 11.8. The van der Waals surface area contributed by atoms with Crippen LogP contribution in [0.25, 0.3) is 0 Å². The summed E-state index contributed by atoms with van der Waals surface area (Å²) in [5.41, 5.74) is -1.01. The molecule has 0 saturated carbocycles. The number of carbonyl (C=O) groups is 1. The van der Waals surface area contributed by atoms with Crippen LogP contribution in [0.15, 0.2) is 0 Å². The highest BCUT2D eigenvalue weighted by atomic mass is 16.7. The molecule has 0 aromatic heterocycles. The highest BCUT2D eigenvalue weighted by Gasteiger charge is 2.73. The first-order valence-electron chi connectivity index (χ1n) is 6.23. The molecule has 1 heterocycles.